The van der Waals surface area contributed by atoms with Gasteiger partial charge in [-0.25, -0.2) is 14.8 Å². The third kappa shape index (κ3) is 2.20. The van der Waals surface area contributed by atoms with Gasteiger partial charge < -0.3 is 9.64 Å². The lowest BCUT2D eigenvalue weighted by Gasteiger charge is -2.18. The van der Waals surface area contributed by atoms with E-state index in [9.17, 15) is 4.79 Å². The summed E-state index contributed by atoms with van der Waals surface area (Å²) in [4.78, 5) is 21.7. The zero-order valence-electron chi connectivity index (χ0n) is 10.8. The van der Waals surface area contributed by atoms with Gasteiger partial charge in [-0.3, -0.25) is 0 Å². The molecule has 6 heteroatoms. The second-order valence-electron chi connectivity index (χ2n) is 4.44. The molecule has 0 aliphatic carbocycles. The van der Waals surface area contributed by atoms with Crippen molar-refractivity contribution in [1.82, 2.24) is 9.97 Å². The highest BCUT2D eigenvalue weighted by atomic mass is 35.5. The zero-order chi connectivity index (χ0) is 14.1. The van der Waals surface area contributed by atoms with Crippen LogP contribution in [0.15, 0.2) is 30.6 Å². The third-order valence-corrected chi connectivity index (χ3v) is 3.50. The van der Waals surface area contributed by atoms with Gasteiger partial charge in [0.2, 0.25) is 0 Å². The molecule has 1 aromatic carbocycles. The normalized spacial score (nSPS) is 13.2. The van der Waals surface area contributed by atoms with Crippen LogP contribution in [0.2, 0.25) is 5.15 Å². The molecule has 0 fully saturated rings. The number of fused-ring (bicyclic) bond motifs is 1. The minimum Gasteiger partial charge on any atom is -0.465 e. The Morgan fingerprint density at radius 1 is 1.35 bits per heavy atom. The van der Waals surface area contributed by atoms with Crippen molar-refractivity contribution in [2.45, 2.75) is 6.42 Å². The number of anilines is 2. The number of esters is 1. The summed E-state index contributed by atoms with van der Waals surface area (Å²) in [6, 6.07) is 7.26. The first-order valence-electron chi connectivity index (χ1n) is 6.15. The number of hydrogen-bond donors (Lipinski definition) is 0. The highest BCUT2D eigenvalue weighted by Crippen LogP contribution is 2.34. The molecule has 0 unspecified atom stereocenters. The Hall–Kier alpha value is -2.14. The van der Waals surface area contributed by atoms with Crippen molar-refractivity contribution in [3.05, 3.63) is 46.9 Å². The van der Waals surface area contributed by atoms with Crippen molar-refractivity contribution in [1.29, 1.82) is 0 Å². The van der Waals surface area contributed by atoms with E-state index in [1.807, 2.05) is 12.1 Å². The van der Waals surface area contributed by atoms with Crippen LogP contribution in [0.1, 0.15) is 15.9 Å². The van der Waals surface area contributed by atoms with Crippen molar-refractivity contribution >= 4 is 29.1 Å². The van der Waals surface area contributed by atoms with E-state index < -0.39 is 0 Å². The lowest BCUT2D eigenvalue weighted by atomic mass is 10.1. The summed E-state index contributed by atoms with van der Waals surface area (Å²) in [6.45, 7) is 0.799. The summed E-state index contributed by atoms with van der Waals surface area (Å²) in [5.74, 6) is 0.436. The predicted octanol–water partition coefficient (Wildman–Crippen LogP) is 2.61. The molecule has 1 aromatic heterocycles. The molecular formula is C14H12ClN3O2. The molecular weight excluding hydrogens is 278 g/mol. The number of carbonyl (C=O) groups excluding carboxylic acids is 1. The molecule has 0 amide bonds. The fraction of sp³-hybridized carbons (Fsp3) is 0.214. The molecule has 2 aromatic rings. The van der Waals surface area contributed by atoms with Gasteiger partial charge >= 0.3 is 5.97 Å². The third-order valence-electron chi connectivity index (χ3n) is 3.29. The fourth-order valence-corrected chi connectivity index (χ4v) is 2.50. The van der Waals surface area contributed by atoms with Gasteiger partial charge in [0.1, 0.15) is 17.3 Å². The smallest absolute Gasteiger partial charge is 0.337 e. The Morgan fingerprint density at radius 3 is 2.95 bits per heavy atom. The van der Waals surface area contributed by atoms with E-state index >= 15 is 0 Å². The molecule has 3 rings (SSSR count). The monoisotopic (exact) mass is 289 g/mol. The quantitative estimate of drug-likeness (QED) is 0.628. The molecule has 2 heterocycles. The maximum atomic E-state index is 11.5. The Kier molecular flexibility index (Phi) is 3.28. The van der Waals surface area contributed by atoms with Crippen LogP contribution in [-0.2, 0) is 11.2 Å². The van der Waals surface area contributed by atoms with Crippen LogP contribution in [0.5, 0.6) is 0 Å². The number of hydrogen-bond acceptors (Lipinski definition) is 5. The van der Waals surface area contributed by atoms with Gasteiger partial charge in [0, 0.05) is 18.3 Å². The summed E-state index contributed by atoms with van der Waals surface area (Å²) in [6.07, 6.45) is 2.29. The number of rotatable bonds is 2. The largest absolute Gasteiger partial charge is 0.465 e. The average Bonchev–Trinajstić information content (AvgIpc) is 2.89. The Balaban J connectivity index is 1.97. The number of ether oxygens (including phenoxy) is 1. The second-order valence-corrected chi connectivity index (χ2v) is 4.82. The SMILES string of the molecule is COC(=O)c1ccc2c(c1)CCN2c1cc(Cl)ncn1. The van der Waals surface area contributed by atoms with Gasteiger partial charge in [0.05, 0.1) is 12.7 Å². The molecule has 0 radical (unpaired) electrons. The molecule has 0 spiro atoms. The van der Waals surface area contributed by atoms with Crippen LogP contribution < -0.4 is 4.90 Å². The predicted molar refractivity (Wildman–Crippen MR) is 75.5 cm³/mol. The van der Waals surface area contributed by atoms with Crippen molar-refractivity contribution in [3.8, 4) is 0 Å². The maximum absolute atomic E-state index is 11.5. The van der Waals surface area contributed by atoms with E-state index in [-0.39, 0.29) is 5.97 Å². The number of aromatic nitrogens is 2. The number of nitrogens with zero attached hydrogens (tertiary/aromatic N) is 3. The number of carbonyl (C=O) groups is 1. The van der Waals surface area contributed by atoms with Crippen LogP contribution in [0.3, 0.4) is 0 Å². The van der Waals surface area contributed by atoms with Gasteiger partial charge in [0.15, 0.2) is 0 Å². The minimum absolute atomic E-state index is 0.323. The van der Waals surface area contributed by atoms with E-state index in [4.69, 9.17) is 16.3 Å². The van der Waals surface area contributed by atoms with E-state index in [2.05, 4.69) is 14.9 Å². The topological polar surface area (TPSA) is 55.3 Å². The first kappa shape index (κ1) is 12.9. The van der Waals surface area contributed by atoms with Crippen LogP contribution in [-0.4, -0.2) is 29.6 Å². The van der Waals surface area contributed by atoms with Crippen LogP contribution in [0, 0.1) is 0 Å². The fourth-order valence-electron chi connectivity index (χ4n) is 2.36. The first-order chi connectivity index (χ1) is 9.69. The lowest BCUT2D eigenvalue weighted by molar-refractivity contribution is 0.0600. The van der Waals surface area contributed by atoms with Gasteiger partial charge in [0.25, 0.3) is 0 Å². The van der Waals surface area contributed by atoms with Crippen molar-refractivity contribution in [3.63, 3.8) is 0 Å². The van der Waals surface area contributed by atoms with E-state index in [0.29, 0.717) is 10.7 Å². The van der Waals surface area contributed by atoms with E-state index in [0.717, 1.165) is 30.0 Å². The minimum atomic E-state index is -0.323. The van der Waals surface area contributed by atoms with Gasteiger partial charge in [-0.2, -0.15) is 0 Å². The standard InChI is InChI=1S/C14H12ClN3O2/c1-20-14(19)10-2-3-11-9(6-10)4-5-18(11)13-7-12(15)16-8-17-13/h2-3,6-8H,4-5H2,1H3. The number of benzene rings is 1. The molecule has 1 aliphatic heterocycles. The van der Waals surface area contributed by atoms with Crippen molar-refractivity contribution in [2.75, 3.05) is 18.6 Å². The Labute approximate surface area is 121 Å². The number of methoxy groups -OCH3 is 1. The molecule has 1 aliphatic rings. The average molecular weight is 290 g/mol. The highest BCUT2D eigenvalue weighted by Gasteiger charge is 2.23. The molecule has 0 atom stereocenters. The number of halogens is 1. The molecule has 20 heavy (non-hydrogen) atoms. The Morgan fingerprint density at radius 2 is 2.20 bits per heavy atom. The molecule has 102 valence electrons. The highest BCUT2D eigenvalue weighted by molar-refractivity contribution is 6.29. The summed E-state index contributed by atoms with van der Waals surface area (Å²) < 4.78 is 4.73. The summed E-state index contributed by atoms with van der Waals surface area (Å²) in [7, 11) is 1.38. The first-order valence-corrected chi connectivity index (χ1v) is 6.53. The summed E-state index contributed by atoms with van der Waals surface area (Å²) in [5.41, 5.74) is 2.70. The second kappa shape index (κ2) is 5.09. The van der Waals surface area contributed by atoms with Crippen molar-refractivity contribution < 1.29 is 9.53 Å². The van der Waals surface area contributed by atoms with Crippen LogP contribution in [0.25, 0.3) is 0 Å². The zero-order valence-corrected chi connectivity index (χ0v) is 11.6. The maximum Gasteiger partial charge on any atom is 0.337 e. The molecule has 5 nitrogen and oxygen atoms in total. The molecule has 0 N–H and O–H groups in total. The Bertz CT molecular complexity index is 675. The van der Waals surface area contributed by atoms with E-state index in [1.165, 1.54) is 13.4 Å². The molecule has 0 saturated carbocycles. The van der Waals surface area contributed by atoms with Crippen LogP contribution in [0.4, 0.5) is 11.5 Å². The lowest BCUT2D eigenvalue weighted by Crippen LogP contribution is -2.14. The van der Waals surface area contributed by atoms with E-state index in [1.54, 1.807) is 12.1 Å². The van der Waals surface area contributed by atoms with Gasteiger partial charge in [-0.15, -0.1) is 0 Å². The summed E-state index contributed by atoms with van der Waals surface area (Å²) >= 11 is 5.90. The van der Waals surface area contributed by atoms with Crippen molar-refractivity contribution in [2.24, 2.45) is 0 Å². The van der Waals surface area contributed by atoms with Crippen LogP contribution >= 0.6 is 11.6 Å². The van der Waals surface area contributed by atoms with Gasteiger partial charge in [-0.1, -0.05) is 11.6 Å². The van der Waals surface area contributed by atoms with Gasteiger partial charge in [-0.05, 0) is 30.2 Å². The molecule has 0 bridgehead atoms. The molecule has 0 saturated heterocycles. The summed E-state index contributed by atoms with van der Waals surface area (Å²) in [5, 5.41) is 0.412.